The Morgan fingerprint density at radius 1 is 1.32 bits per heavy atom. The zero-order valence-corrected chi connectivity index (χ0v) is 12.7. The van der Waals surface area contributed by atoms with Crippen LogP contribution < -0.4 is 5.32 Å². The lowest BCUT2D eigenvalue weighted by molar-refractivity contribution is -0.137. The fourth-order valence-corrected chi connectivity index (χ4v) is 1.81. The third-order valence-electron chi connectivity index (χ3n) is 2.62. The first-order valence-electron chi connectivity index (χ1n) is 6.72. The van der Waals surface area contributed by atoms with Crippen LogP contribution in [0.25, 0.3) is 0 Å². The molecule has 0 heterocycles. The summed E-state index contributed by atoms with van der Waals surface area (Å²) in [6, 6.07) is 2.13. The normalized spacial score (nSPS) is 12.6. The van der Waals surface area contributed by atoms with Crippen LogP contribution in [0.3, 0.4) is 0 Å². The minimum Gasteiger partial charge on any atom is -0.481 e. The minimum atomic E-state index is -1.15. The number of rotatable bonds is 5. The zero-order chi connectivity index (χ0) is 16.9. The number of alkyl carbamates (subject to hydrolysis) is 1. The van der Waals surface area contributed by atoms with Gasteiger partial charge in [-0.05, 0) is 38.8 Å². The number of hydrogen-bond donors (Lipinski definition) is 2. The van der Waals surface area contributed by atoms with E-state index < -0.39 is 41.8 Å². The molecule has 122 valence electrons. The molecule has 0 unspecified atom stereocenters. The highest BCUT2D eigenvalue weighted by Crippen LogP contribution is 2.14. The SMILES string of the molecule is CC(C)(C)OC(=O)N[C@H](CC(=O)O)Cc1ccc(F)cc1F. The van der Waals surface area contributed by atoms with E-state index in [1.54, 1.807) is 20.8 Å². The van der Waals surface area contributed by atoms with E-state index in [4.69, 9.17) is 9.84 Å². The zero-order valence-electron chi connectivity index (χ0n) is 12.7. The minimum absolute atomic E-state index is 0.0857. The smallest absolute Gasteiger partial charge is 0.407 e. The molecule has 1 aromatic rings. The Morgan fingerprint density at radius 2 is 1.95 bits per heavy atom. The van der Waals surface area contributed by atoms with Gasteiger partial charge in [0.2, 0.25) is 0 Å². The van der Waals surface area contributed by atoms with Gasteiger partial charge in [0.1, 0.15) is 17.2 Å². The van der Waals surface area contributed by atoms with Crippen LogP contribution in [0, 0.1) is 11.6 Å². The maximum absolute atomic E-state index is 13.6. The third-order valence-corrected chi connectivity index (χ3v) is 2.62. The number of aliphatic carboxylic acids is 1. The van der Waals surface area contributed by atoms with Gasteiger partial charge in [-0.15, -0.1) is 0 Å². The standard InChI is InChI=1S/C15H19F2NO4/c1-15(2,3)22-14(21)18-11(8-13(19)20)6-9-4-5-10(16)7-12(9)17/h4-5,7,11H,6,8H2,1-3H3,(H,18,21)(H,19,20)/t11-/m0/s1. The van der Waals surface area contributed by atoms with Crippen molar-refractivity contribution in [3.05, 3.63) is 35.4 Å². The molecule has 1 rings (SSSR count). The number of carbonyl (C=O) groups excluding carboxylic acids is 1. The highest BCUT2D eigenvalue weighted by atomic mass is 19.1. The molecule has 0 spiro atoms. The lowest BCUT2D eigenvalue weighted by Gasteiger charge is -2.23. The number of nitrogens with one attached hydrogen (secondary N) is 1. The van der Waals surface area contributed by atoms with Gasteiger partial charge < -0.3 is 15.2 Å². The monoisotopic (exact) mass is 315 g/mol. The van der Waals surface area contributed by atoms with E-state index in [0.29, 0.717) is 6.07 Å². The van der Waals surface area contributed by atoms with Gasteiger partial charge in [0, 0.05) is 12.1 Å². The Labute approximate surface area is 127 Å². The van der Waals surface area contributed by atoms with Crippen molar-refractivity contribution in [1.29, 1.82) is 0 Å². The van der Waals surface area contributed by atoms with E-state index >= 15 is 0 Å². The molecule has 0 saturated carbocycles. The molecule has 1 amide bonds. The number of halogens is 2. The first kappa shape index (κ1) is 17.9. The van der Waals surface area contributed by atoms with Crippen molar-refractivity contribution in [3.8, 4) is 0 Å². The number of carboxylic acids is 1. The lowest BCUT2D eigenvalue weighted by atomic mass is 10.0. The van der Waals surface area contributed by atoms with E-state index in [9.17, 15) is 18.4 Å². The van der Waals surface area contributed by atoms with E-state index in [1.165, 1.54) is 6.07 Å². The number of hydrogen-bond acceptors (Lipinski definition) is 3. The van der Waals surface area contributed by atoms with Gasteiger partial charge in [-0.2, -0.15) is 0 Å². The van der Waals surface area contributed by atoms with Crippen LogP contribution in [0.4, 0.5) is 13.6 Å². The molecule has 22 heavy (non-hydrogen) atoms. The highest BCUT2D eigenvalue weighted by Gasteiger charge is 2.22. The van der Waals surface area contributed by atoms with Crippen LogP contribution in [0.5, 0.6) is 0 Å². The molecular weight excluding hydrogens is 296 g/mol. The Bertz CT molecular complexity index is 555. The summed E-state index contributed by atoms with van der Waals surface area (Å²) in [6.07, 6.45) is -1.28. The van der Waals surface area contributed by atoms with Crippen molar-refractivity contribution in [2.75, 3.05) is 0 Å². The van der Waals surface area contributed by atoms with Crippen molar-refractivity contribution < 1.29 is 28.2 Å². The first-order valence-corrected chi connectivity index (χ1v) is 6.72. The largest absolute Gasteiger partial charge is 0.481 e. The number of carbonyl (C=O) groups is 2. The summed E-state index contributed by atoms with van der Waals surface area (Å²) in [7, 11) is 0. The maximum Gasteiger partial charge on any atom is 0.407 e. The van der Waals surface area contributed by atoms with Gasteiger partial charge >= 0.3 is 12.1 Å². The lowest BCUT2D eigenvalue weighted by Crippen LogP contribution is -2.41. The summed E-state index contributed by atoms with van der Waals surface area (Å²) in [5.41, 5.74) is -0.623. The van der Waals surface area contributed by atoms with Gasteiger partial charge in [0.25, 0.3) is 0 Å². The van der Waals surface area contributed by atoms with E-state index in [2.05, 4.69) is 5.32 Å². The molecule has 7 heteroatoms. The Kier molecular flexibility index (Phi) is 5.84. The molecule has 5 nitrogen and oxygen atoms in total. The predicted molar refractivity (Wildman–Crippen MR) is 75.5 cm³/mol. The molecule has 0 bridgehead atoms. The molecule has 0 aliphatic heterocycles. The van der Waals surface area contributed by atoms with Crippen LogP contribution in [-0.2, 0) is 16.0 Å². The molecule has 0 aromatic heterocycles. The second-order valence-electron chi connectivity index (χ2n) is 5.88. The van der Waals surface area contributed by atoms with Crippen molar-refractivity contribution >= 4 is 12.1 Å². The van der Waals surface area contributed by atoms with Crippen LogP contribution in [-0.4, -0.2) is 28.8 Å². The van der Waals surface area contributed by atoms with E-state index in [0.717, 1.165) is 6.07 Å². The number of carboxylic acid groups (broad SMARTS) is 1. The summed E-state index contributed by atoms with van der Waals surface area (Å²) >= 11 is 0. The third kappa shape index (κ3) is 6.51. The van der Waals surface area contributed by atoms with Gasteiger partial charge in [-0.25, -0.2) is 13.6 Å². The summed E-state index contributed by atoms with van der Waals surface area (Å²) < 4.78 is 31.5. The number of ether oxygens (including phenoxy) is 1. The Balaban J connectivity index is 2.80. The summed E-state index contributed by atoms with van der Waals surface area (Å²) in [5, 5.41) is 11.3. The summed E-state index contributed by atoms with van der Waals surface area (Å²) in [6.45, 7) is 5.00. The quantitative estimate of drug-likeness (QED) is 0.876. The fourth-order valence-electron chi connectivity index (χ4n) is 1.81. The van der Waals surface area contributed by atoms with Crippen LogP contribution in [0.1, 0.15) is 32.8 Å². The van der Waals surface area contributed by atoms with Crippen molar-refractivity contribution in [1.82, 2.24) is 5.32 Å². The number of amides is 1. The molecular formula is C15H19F2NO4. The van der Waals surface area contributed by atoms with Gasteiger partial charge in [-0.3, -0.25) is 4.79 Å². The second-order valence-corrected chi connectivity index (χ2v) is 5.88. The maximum atomic E-state index is 13.6. The highest BCUT2D eigenvalue weighted by molar-refractivity contribution is 5.71. The molecule has 0 aliphatic rings. The van der Waals surface area contributed by atoms with Gasteiger partial charge in [0.15, 0.2) is 0 Å². The second kappa shape index (κ2) is 7.20. The van der Waals surface area contributed by atoms with Crippen molar-refractivity contribution in [3.63, 3.8) is 0 Å². The molecule has 0 fully saturated rings. The van der Waals surface area contributed by atoms with Crippen LogP contribution in [0.2, 0.25) is 0 Å². The van der Waals surface area contributed by atoms with Crippen LogP contribution >= 0.6 is 0 Å². The molecule has 0 saturated heterocycles. The number of benzene rings is 1. The van der Waals surface area contributed by atoms with Crippen molar-refractivity contribution in [2.45, 2.75) is 45.3 Å². The van der Waals surface area contributed by atoms with Crippen molar-refractivity contribution in [2.24, 2.45) is 0 Å². The first-order chi connectivity index (χ1) is 10.1. The molecule has 0 radical (unpaired) electrons. The predicted octanol–water partition coefficient (Wildman–Crippen LogP) is 2.88. The van der Waals surface area contributed by atoms with E-state index in [1.807, 2.05) is 0 Å². The van der Waals surface area contributed by atoms with E-state index in [-0.39, 0.29) is 12.0 Å². The Hall–Kier alpha value is -2.18. The summed E-state index contributed by atoms with van der Waals surface area (Å²) in [4.78, 5) is 22.6. The molecule has 0 aliphatic carbocycles. The fraction of sp³-hybridized carbons (Fsp3) is 0.467. The molecule has 1 atom stereocenters. The van der Waals surface area contributed by atoms with Gasteiger partial charge in [0.05, 0.1) is 6.42 Å². The van der Waals surface area contributed by atoms with Crippen LogP contribution in [0.15, 0.2) is 18.2 Å². The Morgan fingerprint density at radius 3 is 2.45 bits per heavy atom. The average Bonchev–Trinajstić information content (AvgIpc) is 2.29. The molecule has 2 N–H and O–H groups in total. The summed E-state index contributed by atoms with van der Waals surface area (Å²) in [5.74, 6) is -2.67. The van der Waals surface area contributed by atoms with Gasteiger partial charge in [-0.1, -0.05) is 6.07 Å². The average molecular weight is 315 g/mol. The molecule has 1 aromatic carbocycles. The topological polar surface area (TPSA) is 75.6 Å².